The van der Waals surface area contributed by atoms with Crippen LogP contribution in [-0.4, -0.2) is 40.5 Å². The van der Waals surface area contributed by atoms with Crippen molar-refractivity contribution in [1.82, 2.24) is 25.5 Å². The number of methoxy groups -OCH3 is 1. The van der Waals surface area contributed by atoms with Gasteiger partial charge in [0.2, 0.25) is 0 Å². The van der Waals surface area contributed by atoms with Crippen molar-refractivity contribution in [3.8, 4) is 0 Å². The maximum absolute atomic E-state index is 4.95. The van der Waals surface area contributed by atoms with Gasteiger partial charge in [-0.05, 0) is 30.2 Å². The second kappa shape index (κ2) is 4.24. The van der Waals surface area contributed by atoms with E-state index in [1.807, 2.05) is 4.68 Å². The van der Waals surface area contributed by atoms with E-state index in [1.165, 1.54) is 12.8 Å². The van der Waals surface area contributed by atoms with E-state index in [2.05, 4.69) is 27.8 Å². The summed E-state index contributed by atoms with van der Waals surface area (Å²) in [5.74, 6) is 0.908. The lowest BCUT2D eigenvalue weighted by molar-refractivity contribution is 0.198. The van der Waals surface area contributed by atoms with Crippen molar-refractivity contribution >= 4 is 0 Å². The molecule has 0 saturated heterocycles. The molecule has 1 aromatic rings. The normalized spacial score (nSPS) is 18.0. The smallest absolute Gasteiger partial charge is 0.165 e. The molecule has 84 valence electrons. The number of nitrogens with one attached hydrogen (secondary N) is 1. The minimum atomic E-state index is 0.168. The lowest BCUT2D eigenvalue weighted by atomic mass is 10.3. The Morgan fingerprint density at radius 2 is 2.33 bits per heavy atom. The largest absolute Gasteiger partial charge is 0.383 e. The Hall–Kier alpha value is -1.01. The molecule has 6 nitrogen and oxygen atoms in total. The first kappa shape index (κ1) is 10.5. The molecule has 1 aliphatic carbocycles. The van der Waals surface area contributed by atoms with E-state index >= 15 is 0 Å². The van der Waals surface area contributed by atoms with Gasteiger partial charge in [-0.25, -0.2) is 4.68 Å². The highest BCUT2D eigenvalue weighted by Gasteiger charge is 2.42. The van der Waals surface area contributed by atoms with Crippen LogP contribution in [0.1, 0.15) is 25.6 Å². The number of aromatic nitrogens is 4. The molecule has 0 bridgehead atoms. The van der Waals surface area contributed by atoms with Crippen molar-refractivity contribution in [2.75, 3.05) is 20.3 Å². The van der Waals surface area contributed by atoms with Crippen molar-refractivity contribution in [2.45, 2.75) is 31.8 Å². The van der Waals surface area contributed by atoms with Crippen LogP contribution in [0.25, 0.3) is 0 Å². The summed E-state index contributed by atoms with van der Waals surface area (Å²) in [4.78, 5) is 0. The zero-order valence-electron chi connectivity index (χ0n) is 9.23. The van der Waals surface area contributed by atoms with Gasteiger partial charge in [-0.1, -0.05) is 0 Å². The maximum atomic E-state index is 4.95. The molecule has 1 saturated carbocycles. The molecule has 0 amide bonds. The number of ether oxygens (including phenoxy) is 1. The predicted molar refractivity (Wildman–Crippen MR) is 54.3 cm³/mol. The Kier molecular flexibility index (Phi) is 2.97. The van der Waals surface area contributed by atoms with Crippen molar-refractivity contribution in [3.63, 3.8) is 0 Å². The topological polar surface area (TPSA) is 64.9 Å². The zero-order chi connectivity index (χ0) is 10.7. The van der Waals surface area contributed by atoms with Crippen LogP contribution in [0.5, 0.6) is 0 Å². The average molecular weight is 211 g/mol. The van der Waals surface area contributed by atoms with Crippen molar-refractivity contribution in [3.05, 3.63) is 5.82 Å². The summed E-state index contributed by atoms with van der Waals surface area (Å²) in [6.07, 6.45) is 2.34. The van der Waals surface area contributed by atoms with Gasteiger partial charge in [0.05, 0.1) is 18.7 Å². The molecule has 15 heavy (non-hydrogen) atoms. The van der Waals surface area contributed by atoms with E-state index in [1.54, 1.807) is 7.11 Å². The summed E-state index contributed by atoms with van der Waals surface area (Å²) >= 11 is 0. The fraction of sp³-hybridized carbons (Fsp3) is 0.889. The Morgan fingerprint density at radius 3 is 3.00 bits per heavy atom. The zero-order valence-corrected chi connectivity index (χ0v) is 9.23. The highest BCUT2D eigenvalue weighted by Crippen LogP contribution is 2.42. The van der Waals surface area contributed by atoms with Crippen molar-refractivity contribution in [1.29, 1.82) is 0 Å². The molecule has 1 heterocycles. The van der Waals surface area contributed by atoms with Gasteiger partial charge >= 0.3 is 0 Å². The van der Waals surface area contributed by atoms with Crippen molar-refractivity contribution < 1.29 is 4.74 Å². The number of tetrazole rings is 1. The van der Waals surface area contributed by atoms with E-state index in [4.69, 9.17) is 4.74 Å². The third-order valence-corrected chi connectivity index (χ3v) is 2.79. The molecule has 1 aliphatic rings. The Morgan fingerprint density at radius 1 is 1.53 bits per heavy atom. The van der Waals surface area contributed by atoms with E-state index in [0.29, 0.717) is 13.2 Å². The summed E-state index contributed by atoms with van der Waals surface area (Å²) in [5.41, 5.74) is 0.168. The Labute approximate surface area is 89.0 Å². The third-order valence-electron chi connectivity index (χ3n) is 2.79. The molecule has 1 N–H and O–H groups in total. The molecule has 0 aliphatic heterocycles. The second-order valence-electron chi connectivity index (χ2n) is 4.17. The molecule has 1 aromatic heterocycles. The monoisotopic (exact) mass is 211 g/mol. The standard InChI is InChI=1S/C9H17N5O/c1-9(3-4-9)14-8(11-12-13-14)7-10-5-6-15-2/h10H,3-7H2,1-2H3. The van der Waals surface area contributed by atoms with Gasteiger partial charge in [-0.2, -0.15) is 0 Å². The quantitative estimate of drug-likeness (QED) is 0.667. The second-order valence-corrected chi connectivity index (χ2v) is 4.17. The fourth-order valence-electron chi connectivity index (χ4n) is 1.50. The number of nitrogens with zero attached hydrogens (tertiary/aromatic N) is 4. The van der Waals surface area contributed by atoms with Crippen LogP contribution in [0.3, 0.4) is 0 Å². The Balaban J connectivity index is 1.88. The van der Waals surface area contributed by atoms with Crippen LogP contribution in [0.15, 0.2) is 0 Å². The highest BCUT2D eigenvalue weighted by molar-refractivity contribution is 4.99. The minimum absolute atomic E-state index is 0.168. The third kappa shape index (κ3) is 2.32. The van der Waals surface area contributed by atoms with Gasteiger partial charge in [-0.15, -0.1) is 5.10 Å². The predicted octanol–water partition coefficient (Wildman–Crippen LogP) is -0.0819. The Bertz CT molecular complexity index is 320. The summed E-state index contributed by atoms with van der Waals surface area (Å²) in [6, 6.07) is 0. The first-order valence-electron chi connectivity index (χ1n) is 5.24. The van der Waals surface area contributed by atoms with E-state index in [9.17, 15) is 0 Å². The van der Waals surface area contributed by atoms with Crippen molar-refractivity contribution in [2.24, 2.45) is 0 Å². The van der Waals surface area contributed by atoms with E-state index in [0.717, 1.165) is 12.4 Å². The van der Waals surface area contributed by atoms with Crippen LogP contribution in [0, 0.1) is 0 Å². The van der Waals surface area contributed by atoms with Crippen LogP contribution in [-0.2, 0) is 16.8 Å². The molecule has 0 spiro atoms. The van der Waals surface area contributed by atoms with E-state index < -0.39 is 0 Å². The number of hydrogen-bond donors (Lipinski definition) is 1. The minimum Gasteiger partial charge on any atom is -0.383 e. The first-order chi connectivity index (χ1) is 7.26. The van der Waals surface area contributed by atoms with Gasteiger partial charge < -0.3 is 10.1 Å². The van der Waals surface area contributed by atoms with Crippen LogP contribution >= 0.6 is 0 Å². The number of rotatable bonds is 6. The first-order valence-corrected chi connectivity index (χ1v) is 5.24. The molecule has 2 rings (SSSR count). The van der Waals surface area contributed by atoms with Gasteiger partial charge in [0.15, 0.2) is 5.82 Å². The van der Waals surface area contributed by atoms with E-state index in [-0.39, 0.29) is 5.54 Å². The molecule has 0 aromatic carbocycles. The summed E-state index contributed by atoms with van der Waals surface area (Å²) in [7, 11) is 1.69. The molecule has 6 heteroatoms. The van der Waals surface area contributed by atoms with Gasteiger partial charge in [0.1, 0.15) is 0 Å². The summed E-state index contributed by atoms with van der Waals surface area (Å²) in [5, 5.41) is 15.0. The van der Waals surface area contributed by atoms with Gasteiger partial charge in [-0.3, -0.25) is 0 Å². The molecular weight excluding hydrogens is 194 g/mol. The molecule has 0 radical (unpaired) electrons. The molecular formula is C9H17N5O. The van der Waals surface area contributed by atoms with Crippen LogP contribution in [0.4, 0.5) is 0 Å². The molecule has 0 unspecified atom stereocenters. The fourth-order valence-corrected chi connectivity index (χ4v) is 1.50. The highest BCUT2D eigenvalue weighted by atomic mass is 16.5. The number of hydrogen-bond acceptors (Lipinski definition) is 5. The average Bonchev–Trinajstić information content (AvgIpc) is 2.81. The molecule has 1 fully saturated rings. The maximum Gasteiger partial charge on any atom is 0.165 e. The lowest BCUT2D eigenvalue weighted by Crippen LogP contribution is -2.24. The van der Waals surface area contributed by atoms with Crippen LogP contribution in [0.2, 0.25) is 0 Å². The van der Waals surface area contributed by atoms with Crippen LogP contribution < -0.4 is 5.32 Å². The molecule has 0 atom stereocenters. The summed E-state index contributed by atoms with van der Waals surface area (Å²) in [6.45, 7) is 4.41. The van der Waals surface area contributed by atoms with Gasteiger partial charge in [0, 0.05) is 13.7 Å². The lowest BCUT2D eigenvalue weighted by Gasteiger charge is -2.10. The SMILES string of the molecule is COCCNCc1nnnn1C1(C)CC1. The van der Waals surface area contributed by atoms with Gasteiger partial charge in [0.25, 0.3) is 0 Å². The summed E-state index contributed by atoms with van der Waals surface area (Å²) < 4.78 is 6.89.